The van der Waals surface area contributed by atoms with Crippen LogP contribution in [-0.4, -0.2) is 30.5 Å². The fourth-order valence-corrected chi connectivity index (χ4v) is 8.10. The average molecular weight is 431 g/mol. The Kier molecular flexibility index (Phi) is 7.57. The zero-order valence-electron chi connectivity index (χ0n) is 20.2. The van der Waals surface area contributed by atoms with Gasteiger partial charge in [-0.25, -0.2) is 0 Å². The first kappa shape index (κ1) is 24.0. The fourth-order valence-electron chi connectivity index (χ4n) is 6.83. The Labute approximate surface area is 186 Å². The predicted molar refractivity (Wildman–Crippen MR) is 131 cm³/mol. The lowest BCUT2D eigenvalue weighted by atomic mass is 9.61. The molecule has 0 saturated heterocycles. The summed E-state index contributed by atoms with van der Waals surface area (Å²) in [4.78, 5) is 0. The van der Waals surface area contributed by atoms with Crippen LogP contribution in [-0.2, 0) is 0 Å². The van der Waals surface area contributed by atoms with Crippen LogP contribution in [0.15, 0.2) is 35.5 Å². The molecule has 0 aliphatic heterocycles. The summed E-state index contributed by atoms with van der Waals surface area (Å²) >= 11 is 0. The molecule has 1 unspecified atom stereocenters. The predicted octanol–water partition coefficient (Wildman–Crippen LogP) is 6.88. The van der Waals surface area contributed by atoms with Crippen LogP contribution in [0.2, 0.25) is 25.7 Å². The van der Waals surface area contributed by atoms with Gasteiger partial charge in [-0.05, 0) is 72.8 Å². The molecule has 0 aromatic rings. The molecule has 2 nitrogen and oxygen atoms in total. The third-order valence-corrected chi connectivity index (χ3v) is 10.4. The van der Waals surface area contributed by atoms with Gasteiger partial charge in [-0.2, -0.15) is 0 Å². The Morgan fingerprint density at radius 3 is 2.63 bits per heavy atom. The maximum absolute atomic E-state index is 10.1. The Morgan fingerprint density at radius 1 is 1.20 bits per heavy atom. The van der Waals surface area contributed by atoms with E-state index in [4.69, 9.17) is 0 Å². The van der Waals surface area contributed by atoms with Crippen LogP contribution in [0.25, 0.3) is 0 Å². The first-order valence-electron chi connectivity index (χ1n) is 12.5. The lowest BCUT2D eigenvalue weighted by Gasteiger charge is -2.44. The molecule has 3 aliphatic carbocycles. The monoisotopic (exact) mass is 430 g/mol. The minimum Gasteiger partial charge on any atom is -0.393 e. The van der Waals surface area contributed by atoms with Gasteiger partial charge in [-0.3, -0.25) is 0 Å². The van der Waals surface area contributed by atoms with Crippen molar-refractivity contribution in [2.45, 2.75) is 110 Å². The van der Waals surface area contributed by atoms with Crippen LogP contribution < -0.4 is 0 Å². The molecule has 0 bridgehead atoms. The van der Waals surface area contributed by atoms with Gasteiger partial charge in [0.2, 0.25) is 0 Å². The topological polar surface area (TPSA) is 40.5 Å². The average Bonchev–Trinajstić information content (AvgIpc) is 3.00. The van der Waals surface area contributed by atoms with Crippen LogP contribution in [0.1, 0.15) is 71.6 Å². The molecule has 0 aromatic carbocycles. The molecule has 30 heavy (non-hydrogen) atoms. The highest BCUT2D eigenvalue weighted by molar-refractivity contribution is 6.76. The highest BCUT2D eigenvalue weighted by Crippen LogP contribution is 2.60. The van der Waals surface area contributed by atoms with Crippen molar-refractivity contribution in [3.63, 3.8) is 0 Å². The first-order chi connectivity index (χ1) is 14.0. The molecule has 6 atom stereocenters. The number of hydrogen-bond donors (Lipinski definition) is 2. The van der Waals surface area contributed by atoms with Gasteiger partial charge in [0.1, 0.15) is 0 Å². The van der Waals surface area contributed by atoms with Crippen LogP contribution in [0, 0.1) is 23.2 Å². The summed E-state index contributed by atoms with van der Waals surface area (Å²) in [6.07, 6.45) is 13.9. The number of allylic oxidation sites excluding steroid dienone is 3. The molecule has 3 heteroatoms. The summed E-state index contributed by atoms with van der Waals surface area (Å²) in [5.74, 6) is 2.39. The van der Waals surface area contributed by atoms with Crippen LogP contribution in [0.3, 0.4) is 0 Å². The molecule has 0 radical (unpaired) electrons. The number of aliphatic hydroxyl groups excluding tert-OH is 2. The summed E-state index contributed by atoms with van der Waals surface area (Å²) in [6.45, 7) is 16.7. The van der Waals surface area contributed by atoms with Crippen LogP contribution in [0.4, 0.5) is 0 Å². The van der Waals surface area contributed by atoms with Crippen molar-refractivity contribution in [3.8, 4) is 0 Å². The van der Waals surface area contributed by atoms with Crippen molar-refractivity contribution in [3.05, 3.63) is 35.5 Å². The van der Waals surface area contributed by atoms with Gasteiger partial charge in [-0.1, -0.05) is 76.7 Å². The molecular formula is C27H46O2Si. The molecule has 0 aromatic heterocycles. The SMILES string of the molecule is C=C1/C(=C\C=C2/CCC[C@]3(C)[C@@H](C(C)CCC[Si](C)(C)C)CC[C@@H]23)C[C@@H](O)C[C@@H]1O. The maximum atomic E-state index is 10.1. The van der Waals surface area contributed by atoms with Crippen LogP contribution in [0.5, 0.6) is 0 Å². The van der Waals surface area contributed by atoms with Gasteiger partial charge in [0.05, 0.1) is 12.2 Å². The summed E-state index contributed by atoms with van der Waals surface area (Å²) in [5, 5.41) is 20.2. The molecule has 0 spiro atoms. The summed E-state index contributed by atoms with van der Waals surface area (Å²) in [6, 6.07) is 1.46. The molecule has 3 rings (SSSR count). The van der Waals surface area contributed by atoms with Gasteiger partial charge in [0.25, 0.3) is 0 Å². The third-order valence-electron chi connectivity index (χ3n) is 8.58. The Bertz CT molecular complexity index is 685. The van der Waals surface area contributed by atoms with Crippen molar-refractivity contribution >= 4 is 8.07 Å². The Balaban J connectivity index is 1.70. The van der Waals surface area contributed by atoms with Gasteiger partial charge in [0.15, 0.2) is 0 Å². The van der Waals surface area contributed by atoms with Gasteiger partial charge >= 0.3 is 0 Å². The van der Waals surface area contributed by atoms with E-state index in [1.807, 2.05) is 0 Å². The minimum atomic E-state index is -0.929. The van der Waals surface area contributed by atoms with E-state index in [-0.39, 0.29) is 0 Å². The number of fused-ring (bicyclic) bond motifs is 1. The quantitative estimate of drug-likeness (QED) is 0.451. The molecule has 0 heterocycles. The molecule has 3 aliphatic rings. The Hall–Kier alpha value is -0.643. The van der Waals surface area contributed by atoms with E-state index < -0.39 is 20.3 Å². The summed E-state index contributed by atoms with van der Waals surface area (Å²) in [7, 11) is -0.929. The van der Waals surface area contributed by atoms with Crippen molar-refractivity contribution in [2.24, 2.45) is 23.2 Å². The van der Waals surface area contributed by atoms with E-state index >= 15 is 0 Å². The second kappa shape index (κ2) is 9.46. The molecule has 2 N–H and O–H groups in total. The lowest BCUT2D eigenvalue weighted by Crippen LogP contribution is -2.36. The largest absolute Gasteiger partial charge is 0.393 e. The smallest absolute Gasteiger partial charge is 0.0811 e. The van der Waals surface area contributed by atoms with Gasteiger partial charge < -0.3 is 10.2 Å². The third kappa shape index (κ3) is 5.39. The van der Waals surface area contributed by atoms with Crippen molar-refractivity contribution in [1.29, 1.82) is 0 Å². The highest BCUT2D eigenvalue weighted by Gasteiger charge is 2.50. The van der Waals surface area contributed by atoms with E-state index in [2.05, 4.69) is 52.2 Å². The van der Waals surface area contributed by atoms with Crippen molar-refractivity contribution in [1.82, 2.24) is 0 Å². The molecule has 0 amide bonds. The lowest BCUT2D eigenvalue weighted by molar-refractivity contribution is 0.0861. The van der Waals surface area contributed by atoms with E-state index in [1.54, 1.807) is 5.57 Å². The maximum Gasteiger partial charge on any atom is 0.0811 e. The van der Waals surface area contributed by atoms with Crippen molar-refractivity contribution in [2.75, 3.05) is 0 Å². The van der Waals surface area contributed by atoms with Crippen molar-refractivity contribution < 1.29 is 10.2 Å². The van der Waals surface area contributed by atoms with Gasteiger partial charge in [0, 0.05) is 14.5 Å². The van der Waals surface area contributed by atoms with E-state index in [0.717, 1.165) is 23.0 Å². The van der Waals surface area contributed by atoms with Crippen LogP contribution >= 0.6 is 0 Å². The molecular weight excluding hydrogens is 384 g/mol. The normalized spacial score (nSPS) is 38.8. The molecule has 170 valence electrons. The second-order valence-electron chi connectivity index (χ2n) is 12.1. The first-order valence-corrected chi connectivity index (χ1v) is 16.2. The number of hydrogen-bond acceptors (Lipinski definition) is 2. The van der Waals surface area contributed by atoms with Gasteiger partial charge in [-0.15, -0.1) is 0 Å². The summed E-state index contributed by atoms with van der Waals surface area (Å²) < 4.78 is 0. The van der Waals surface area contributed by atoms with E-state index in [0.29, 0.717) is 24.2 Å². The second-order valence-corrected chi connectivity index (χ2v) is 17.7. The number of rotatable bonds is 6. The molecule has 3 fully saturated rings. The zero-order valence-corrected chi connectivity index (χ0v) is 21.2. The minimum absolute atomic E-state index is 0.421. The highest BCUT2D eigenvalue weighted by atomic mass is 28.3. The summed E-state index contributed by atoms with van der Waals surface area (Å²) in [5.41, 5.74) is 3.89. The Morgan fingerprint density at radius 2 is 1.93 bits per heavy atom. The number of aliphatic hydroxyl groups is 2. The van der Waals surface area contributed by atoms with E-state index in [1.165, 1.54) is 51.0 Å². The standard InChI is InChI=1S/C27H46O2Si/c1-19(9-8-16-30(4,5)6)24-13-14-25-21(10-7-15-27(24,25)3)11-12-22-17-23(28)18-26(29)20(22)2/h11-12,19,23-26,28-29H,2,7-10,13-18H2,1,3-6H3/b21-11+,22-12-/t19?,23-,24-,25+,26+,27-/m1/s1. The fraction of sp³-hybridized carbons (Fsp3) is 0.778. The zero-order chi connectivity index (χ0) is 22.1. The molecule has 3 saturated carbocycles. The van der Waals surface area contributed by atoms with E-state index in [9.17, 15) is 10.2 Å².